The first-order valence-electron chi connectivity index (χ1n) is 10.2. The third kappa shape index (κ3) is 4.49. The Hall–Kier alpha value is -3.97. The Morgan fingerprint density at radius 1 is 0.848 bits per heavy atom. The predicted octanol–water partition coefficient (Wildman–Crippen LogP) is 4.78. The van der Waals surface area contributed by atoms with E-state index in [1.165, 1.54) is 29.7 Å². The Kier molecular flexibility index (Phi) is 5.98. The Morgan fingerprint density at radius 2 is 1.42 bits per heavy atom. The fourth-order valence-electron chi connectivity index (χ4n) is 3.50. The van der Waals surface area contributed by atoms with Gasteiger partial charge in [-0.15, -0.1) is 0 Å². The maximum absolute atomic E-state index is 13.6. The molecular weight excluding hydrogens is 438 g/mol. The summed E-state index contributed by atoms with van der Waals surface area (Å²) in [7, 11) is -4.28. The Bertz CT molecular complexity index is 1470. The third-order valence-electron chi connectivity index (χ3n) is 5.12. The highest BCUT2D eigenvalue weighted by molar-refractivity contribution is 7.87. The quantitative estimate of drug-likeness (QED) is 0.306. The molecule has 1 aromatic heterocycles. The second-order valence-electron chi connectivity index (χ2n) is 7.52. The van der Waals surface area contributed by atoms with E-state index in [0.29, 0.717) is 16.9 Å². The van der Waals surface area contributed by atoms with Crippen molar-refractivity contribution in [1.29, 1.82) is 0 Å². The number of rotatable bonds is 6. The van der Waals surface area contributed by atoms with Gasteiger partial charge in [-0.25, -0.2) is 0 Å². The molecule has 0 unspecified atom stereocenters. The number of aryl methyl sites for hydroxylation is 1. The van der Waals surface area contributed by atoms with Crippen molar-refractivity contribution in [3.05, 3.63) is 112 Å². The molecule has 0 fully saturated rings. The van der Waals surface area contributed by atoms with E-state index in [9.17, 15) is 18.0 Å². The molecule has 0 spiro atoms. The van der Waals surface area contributed by atoms with Gasteiger partial charge in [-0.3, -0.25) is 14.2 Å². The average molecular weight is 460 g/mol. The van der Waals surface area contributed by atoms with Crippen LogP contribution in [0.4, 0.5) is 0 Å². The minimum atomic E-state index is -4.28. The van der Waals surface area contributed by atoms with E-state index in [4.69, 9.17) is 4.18 Å². The smallest absolute Gasteiger partial charge is 0.339 e. The molecule has 6 nitrogen and oxygen atoms in total. The highest BCUT2D eigenvalue weighted by Gasteiger charge is 2.26. The topological polar surface area (TPSA) is 82.4 Å². The van der Waals surface area contributed by atoms with Gasteiger partial charge in [0.05, 0.1) is 5.69 Å². The lowest BCUT2D eigenvalue weighted by Crippen LogP contribution is -2.27. The normalized spacial score (nSPS) is 11.2. The number of ketones is 1. The Balaban J connectivity index is 1.98. The van der Waals surface area contributed by atoms with Crippen molar-refractivity contribution in [1.82, 2.24) is 4.57 Å². The van der Waals surface area contributed by atoms with E-state index in [1.54, 1.807) is 60.7 Å². The van der Waals surface area contributed by atoms with Crippen LogP contribution in [0.2, 0.25) is 0 Å². The lowest BCUT2D eigenvalue weighted by atomic mass is 10.1. The molecule has 7 heteroatoms. The van der Waals surface area contributed by atoms with Crippen molar-refractivity contribution in [2.75, 3.05) is 0 Å². The van der Waals surface area contributed by atoms with Gasteiger partial charge < -0.3 is 4.18 Å². The molecule has 0 bridgehead atoms. The molecule has 4 rings (SSSR count). The molecule has 0 aliphatic heterocycles. The molecule has 4 aromatic rings. The van der Waals surface area contributed by atoms with Crippen LogP contribution < -0.4 is 9.74 Å². The van der Waals surface area contributed by atoms with Crippen LogP contribution in [0.3, 0.4) is 0 Å². The summed E-state index contributed by atoms with van der Waals surface area (Å²) in [5.41, 5.74) is 1.47. The molecule has 166 valence electrons. The number of carbonyl (C=O) groups is 1. The first-order valence-corrected chi connectivity index (χ1v) is 11.6. The molecule has 0 amide bonds. The van der Waals surface area contributed by atoms with E-state index in [2.05, 4.69) is 0 Å². The molecular formula is C26H21NO5S. The van der Waals surface area contributed by atoms with E-state index < -0.39 is 21.5 Å². The minimum absolute atomic E-state index is 0.0731. The van der Waals surface area contributed by atoms with Gasteiger partial charge in [0, 0.05) is 11.8 Å². The van der Waals surface area contributed by atoms with Gasteiger partial charge in [0.15, 0.2) is 11.5 Å². The van der Waals surface area contributed by atoms with Crippen LogP contribution in [0.15, 0.2) is 101 Å². The van der Waals surface area contributed by atoms with Crippen molar-refractivity contribution >= 4 is 15.9 Å². The lowest BCUT2D eigenvalue weighted by Gasteiger charge is -2.18. The maximum atomic E-state index is 13.6. The van der Waals surface area contributed by atoms with Crippen LogP contribution in [0, 0.1) is 6.92 Å². The van der Waals surface area contributed by atoms with Crippen LogP contribution in [0.1, 0.15) is 22.8 Å². The molecule has 0 radical (unpaired) electrons. The molecule has 0 aliphatic carbocycles. The summed E-state index contributed by atoms with van der Waals surface area (Å²) >= 11 is 0. The van der Waals surface area contributed by atoms with Gasteiger partial charge in [-0.1, -0.05) is 66.2 Å². The van der Waals surface area contributed by atoms with Crippen molar-refractivity contribution in [2.45, 2.75) is 18.7 Å². The number of hydrogen-bond donors (Lipinski definition) is 0. The number of hydrogen-bond acceptors (Lipinski definition) is 5. The van der Waals surface area contributed by atoms with Gasteiger partial charge in [0.2, 0.25) is 0 Å². The number of aromatic nitrogens is 1. The monoisotopic (exact) mass is 459 g/mol. The highest BCUT2D eigenvalue weighted by Crippen LogP contribution is 2.30. The zero-order valence-electron chi connectivity index (χ0n) is 18.1. The summed E-state index contributed by atoms with van der Waals surface area (Å²) in [4.78, 5) is 26.0. The van der Waals surface area contributed by atoms with E-state index in [1.807, 2.05) is 19.1 Å². The first-order chi connectivity index (χ1) is 15.8. The second-order valence-corrected chi connectivity index (χ2v) is 9.06. The van der Waals surface area contributed by atoms with Crippen LogP contribution in [-0.4, -0.2) is 18.8 Å². The molecule has 0 saturated carbocycles. The fourth-order valence-corrected chi connectivity index (χ4v) is 4.44. The first kappa shape index (κ1) is 22.2. The predicted molar refractivity (Wildman–Crippen MR) is 126 cm³/mol. The number of benzene rings is 3. The van der Waals surface area contributed by atoms with Crippen molar-refractivity contribution in [2.24, 2.45) is 0 Å². The van der Waals surface area contributed by atoms with Gasteiger partial charge in [0.1, 0.15) is 10.5 Å². The zero-order valence-corrected chi connectivity index (χ0v) is 18.9. The van der Waals surface area contributed by atoms with Crippen LogP contribution >= 0.6 is 0 Å². The van der Waals surface area contributed by atoms with Gasteiger partial charge in [-0.05, 0) is 43.7 Å². The second kappa shape index (κ2) is 8.88. The van der Waals surface area contributed by atoms with E-state index in [0.717, 1.165) is 5.56 Å². The number of nitrogens with zero attached hydrogens (tertiary/aromatic N) is 1. The highest BCUT2D eigenvalue weighted by atomic mass is 32.2. The fraction of sp³-hybridized carbons (Fsp3) is 0.0769. The molecule has 0 aliphatic rings. The SMILES string of the molecule is CC(=O)c1c(OS(=O)(=O)c2ccc(C)cc2)cc(-c2ccccc2)n(-c2ccccc2)c1=O. The Labute approximate surface area is 191 Å². The lowest BCUT2D eigenvalue weighted by molar-refractivity contribution is 0.101. The molecule has 33 heavy (non-hydrogen) atoms. The molecule has 0 saturated heterocycles. The molecule has 0 N–H and O–H groups in total. The van der Waals surface area contributed by atoms with Gasteiger partial charge in [-0.2, -0.15) is 8.42 Å². The minimum Gasteiger partial charge on any atom is -0.378 e. The van der Waals surface area contributed by atoms with Gasteiger partial charge >= 0.3 is 10.1 Å². The molecule has 0 atom stereocenters. The average Bonchev–Trinajstić information content (AvgIpc) is 2.79. The number of pyridine rings is 1. The standard InChI is InChI=1S/C26H21NO5S/c1-18-13-15-22(16-14-18)33(30,31)32-24-17-23(20-9-5-3-6-10-20)27(21-11-7-4-8-12-21)26(29)25(24)19(2)28/h3-17H,1-2H3. The number of Topliss-reactive ketones (excluding diaryl/α,β-unsaturated/α-hetero) is 1. The van der Waals surface area contributed by atoms with E-state index in [-0.39, 0.29) is 16.2 Å². The molecule has 3 aromatic carbocycles. The summed E-state index contributed by atoms with van der Waals surface area (Å²) in [6.45, 7) is 3.04. The van der Waals surface area contributed by atoms with Crippen LogP contribution in [-0.2, 0) is 10.1 Å². The summed E-state index contributed by atoms with van der Waals surface area (Å²) < 4.78 is 32.7. The van der Waals surface area contributed by atoms with Crippen molar-refractivity contribution in [3.8, 4) is 22.7 Å². The third-order valence-corrected chi connectivity index (χ3v) is 6.37. The van der Waals surface area contributed by atoms with Gasteiger partial charge in [0.25, 0.3) is 5.56 Å². The number of carbonyl (C=O) groups excluding carboxylic acids is 1. The summed E-state index contributed by atoms with van der Waals surface area (Å²) in [5.74, 6) is -0.905. The number of para-hydroxylation sites is 1. The summed E-state index contributed by atoms with van der Waals surface area (Å²) in [6.07, 6.45) is 0. The van der Waals surface area contributed by atoms with Crippen molar-refractivity contribution in [3.63, 3.8) is 0 Å². The summed E-state index contributed by atoms with van der Waals surface area (Å²) in [5, 5.41) is 0. The van der Waals surface area contributed by atoms with Crippen LogP contribution in [0.25, 0.3) is 16.9 Å². The largest absolute Gasteiger partial charge is 0.378 e. The maximum Gasteiger partial charge on any atom is 0.339 e. The van der Waals surface area contributed by atoms with Crippen LogP contribution in [0.5, 0.6) is 5.75 Å². The van der Waals surface area contributed by atoms with E-state index >= 15 is 0 Å². The molecule has 1 heterocycles. The Morgan fingerprint density at radius 3 is 2.00 bits per heavy atom. The van der Waals surface area contributed by atoms with Crippen molar-refractivity contribution < 1.29 is 17.4 Å². The zero-order chi connectivity index (χ0) is 23.6. The summed E-state index contributed by atoms with van der Waals surface area (Å²) in [6, 6.07) is 25.4.